The summed E-state index contributed by atoms with van der Waals surface area (Å²) in [5, 5.41) is 0. The second kappa shape index (κ2) is 11.0. The second-order valence-electron chi connectivity index (χ2n) is 9.28. The molecule has 1 aliphatic heterocycles. The van der Waals surface area contributed by atoms with Gasteiger partial charge in [0.05, 0.1) is 6.04 Å². The Bertz CT molecular complexity index is 1210. The highest BCUT2D eigenvalue weighted by Crippen LogP contribution is 2.38. The van der Waals surface area contributed by atoms with Crippen LogP contribution >= 0.6 is 0 Å². The number of carbonyl (C=O) groups is 2. The van der Waals surface area contributed by atoms with Crippen LogP contribution in [0.4, 0.5) is 4.39 Å². The molecule has 7 heteroatoms. The molecule has 1 aliphatic rings. The molecule has 2 amide bonds. The summed E-state index contributed by atoms with van der Waals surface area (Å²) in [7, 11) is 0. The SMILES string of the molecule is CCN(CC)C(=O)c1ccc(COc2ccc3c(c2)[C@@H](c2ccc(F)cc2)N(C(=O)C(C)C)CC3)o1. The molecular formula is C29H33FN2O4. The van der Waals surface area contributed by atoms with Gasteiger partial charge in [-0.2, -0.15) is 0 Å². The molecule has 2 aromatic carbocycles. The molecule has 1 aromatic heterocycles. The van der Waals surface area contributed by atoms with Crippen LogP contribution in [0, 0.1) is 11.7 Å². The van der Waals surface area contributed by atoms with E-state index in [1.54, 1.807) is 29.2 Å². The van der Waals surface area contributed by atoms with Crippen molar-refractivity contribution in [1.82, 2.24) is 9.80 Å². The molecule has 0 spiro atoms. The summed E-state index contributed by atoms with van der Waals surface area (Å²) in [6.07, 6.45) is 0.737. The number of benzene rings is 2. The van der Waals surface area contributed by atoms with Crippen molar-refractivity contribution in [3.05, 3.63) is 88.6 Å². The number of hydrogen-bond donors (Lipinski definition) is 0. The molecule has 4 rings (SSSR count). The van der Waals surface area contributed by atoms with E-state index in [-0.39, 0.29) is 36.2 Å². The summed E-state index contributed by atoms with van der Waals surface area (Å²) in [4.78, 5) is 29.2. The van der Waals surface area contributed by atoms with Gasteiger partial charge in [-0.15, -0.1) is 0 Å². The van der Waals surface area contributed by atoms with Gasteiger partial charge in [-0.1, -0.05) is 32.0 Å². The fraction of sp³-hybridized carbons (Fsp3) is 0.379. The number of amides is 2. The minimum Gasteiger partial charge on any atom is -0.486 e. The van der Waals surface area contributed by atoms with Crippen molar-refractivity contribution in [3.63, 3.8) is 0 Å². The van der Waals surface area contributed by atoms with E-state index in [0.717, 1.165) is 23.1 Å². The number of halogens is 1. The molecule has 6 nitrogen and oxygen atoms in total. The molecule has 0 saturated carbocycles. The zero-order valence-electron chi connectivity index (χ0n) is 21.3. The highest BCUT2D eigenvalue weighted by Gasteiger charge is 2.33. The van der Waals surface area contributed by atoms with Crippen molar-refractivity contribution in [2.24, 2.45) is 5.92 Å². The van der Waals surface area contributed by atoms with Gasteiger partial charge in [0.25, 0.3) is 5.91 Å². The lowest BCUT2D eigenvalue weighted by atomic mass is 9.87. The Labute approximate surface area is 211 Å². The summed E-state index contributed by atoms with van der Waals surface area (Å²) in [5.74, 6) is 0.927. The number of fused-ring (bicyclic) bond motifs is 1. The first-order valence-corrected chi connectivity index (χ1v) is 12.5. The summed E-state index contributed by atoms with van der Waals surface area (Å²) in [5.41, 5.74) is 2.96. The van der Waals surface area contributed by atoms with Gasteiger partial charge in [-0.05, 0) is 73.4 Å². The van der Waals surface area contributed by atoms with Crippen LogP contribution in [-0.4, -0.2) is 41.2 Å². The van der Waals surface area contributed by atoms with Gasteiger partial charge in [0, 0.05) is 25.6 Å². The van der Waals surface area contributed by atoms with Crippen molar-refractivity contribution < 1.29 is 23.1 Å². The number of furan rings is 1. The fourth-order valence-corrected chi connectivity index (χ4v) is 4.65. The highest BCUT2D eigenvalue weighted by atomic mass is 19.1. The largest absolute Gasteiger partial charge is 0.486 e. The summed E-state index contributed by atoms with van der Waals surface area (Å²) in [6, 6.07) is 15.3. The summed E-state index contributed by atoms with van der Waals surface area (Å²) < 4.78 is 25.4. The van der Waals surface area contributed by atoms with E-state index in [9.17, 15) is 14.0 Å². The van der Waals surface area contributed by atoms with Crippen LogP contribution in [0.1, 0.15) is 66.7 Å². The van der Waals surface area contributed by atoms with Gasteiger partial charge in [0.1, 0.15) is 23.9 Å². The van der Waals surface area contributed by atoms with Crippen LogP contribution in [0.3, 0.4) is 0 Å². The zero-order valence-corrected chi connectivity index (χ0v) is 21.3. The van der Waals surface area contributed by atoms with Gasteiger partial charge in [0.15, 0.2) is 5.76 Å². The monoisotopic (exact) mass is 492 g/mol. The third kappa shape index (κ3) is 5.30. The lowest BCUT2D eigenvalue weighted by Gasteiger charge is -2.39. The molecule has 1 atom stereocenters. The molecule has 36 heavy (non-hydrogen) atoms. The maximum atomic E-state index is 13.7. The van der Waals surface area contributed by atoms with Gasteiger partial charge >= 0.3 is 0 Å². The molecule has 0 fully saturated rings. The number of carbonyl (C=O) groups excluding carboxylic acids is 2. The summed E-state index contributed by atoms with van der Waals surface area (Å²) in [6.45, 7) is 9.63. The van der Waals surface area contributed by atoms with Gasteiger partial charge < -0.3 is 19.0 Å². The van der Waals surface area contributed by atoms with Crippen LogP contribution in [0.15, 0.2) is 59.0 Å². The smallest absolute Gasteiger partial charge is 0.289 e. The first-order valence-electron chi connectivity index (χ1n) is 12.5. The lowest BCUT2D eigenvalue weighted by Crippen LogP contribution is -2.42. The Morgan fingerprint density at radius 1 is 1.08 bits per heavy atom. The van der Waals surface area contributed by atoms with E-state index in [4.69, 9.17) is 9.15 Å². The molecule has 3 aromatic rings. The average molecular weight is 493 g/mol. The Morgan fingerprint density at radius 3 is 2.47 bits per heavy atom. The predicted molar refractivity (Wildman–Crippen MR) is 135 cm³/mol. The summed E-state index contributed by atoms with van der Waals surface area (Å²) >= 11 is 0. The molecule has 0 radical (unpaired) electrons. The van der Waals surface area contributed by atoms with Gasteiger partial charge in [-0.25, -0.2) is 4.39 Å². The van der Waals surface area contributed by atoms with E-state index in [1.807, 2.05) is 50.8 Å². The third-order valence-corrected chi connectivity index (χ3v) is 6.61. The van der Waals surface area contributed by atoms with Crippen LogP contribution in [0.5, 0.6) is 5.75 Å². The second-order valence-corrected chi connectivity index (χ2v) is 9.28. The third-order valence-electron chi connectivity index (χ3n) is 6.61. The Balaban J connectivity index is 1.58. The lowest BCUT2D eigenvalue weighted by molar-refractivity contribution is -0.136. The predicted octanol–water partition coefficient (Wildman–Crippen LogP) is 5.61. The van der Waals surface area contributed by atoms with Crippen molar-refractivity contribution in [1.29, 1.82) is 0 Å². The van der Waals surface area contributed by atoms with E-state index >= 15 is 0 Å². The van der Waals surface area contributed by atoms with E-state index in [1.165, 1.54) is 12.1 Å². The number of hydrogen-bond acceptors (Lipinski definition) is 4. The molecule has 0 N–H and O–H groups in total. The Hall–Kier alpha value is -3.61. The van der Waals surface area contributed by atoms with E-state index < -0.39 is 0 Å². The topological polar surface area (TPSA) is 63.0 Å². The number of ether oxygens (including phenoxy) is 1. The van der Waals surface area contributed by atoms with E-state index in [0.29, 0.717) is 36.9 Å². The molecular weight excluding hydrogens is 459 g/mol. The van der Waals surface area contributed by atoms with Crippen LogP contribution in [-0.2, 0) is 17.8 Å². The minimum absolute atomic E-state index is 0.0577. The van der Waals surface area contributed by atoms with Gasteiger partial charge in [0.2, 0.25) is 5.91 Å². The Morgan fingerprint density at radius 2 is 1.81 bits per heavy atom. The molecule has 190 valence electrons. The molecule has 0 unspecified atom stereocenters. The quantitative estimate of drug-likeness (QED) is 0.410. The molecule has 0 saturated heterocycles. The molecule has 0 aliphatic carbocycles. The molecule has 0 bridgehead atoms. The normalized spacial score (nSPS) is 15.1. The maximum absolute atomic E-state index is 13.7. The molecule has 2 heterocycles. The first-order chi connectivity index (χ1) is 17.3. The number of rotatable bonds is 8. The van der Waals surface area contributed by atoms with Gasteiger partial charge in [-0.3, -0.25) is 9.59 Å². The van der Waals surface area contributed by atoms with Crippen LogP contribution in [0.2, 0.25) is 0 Å². The van der Waals surface area contributed by atoms with E-state index in [2.05, 4.69) is 0 Å². The maximum Gasteiger partial charge on any atom is 0.289 e. The van der Waals surface area contributed by atoms with Crippen molar-refractivity contribution in [2.75, 3.05) is 19.6 Å². The first kappa shape index (κ1) is 25.5. The number of nitrogens with zero attached hydrogens (tertiary/aromatic N) is 2. The highest BCUT2D eigenvalue weighted by molar-refractivity contribution is 5.91. The Kier molecular flexibility index (Phi) is 7.77. The van der Waals surface area contributed by atoms with Crippen molar-refractivity contribution in [3.8, 4) is 5.75 Å². The standard InChI is InChI=1S/C29H33FN2O4/c1-5-31(6-2)29(34)26-14-13-24(36-26)18-35-23-12-9-20-15-16-32(28(33)19(3)4)27(25(20)17-23)21-7-10-22(30)11-8-21/h7-14,17,19,27H,5-6,15-16,18H2,1-4H3/t27-/m1/s1. The fourth-order valence-electron chi connectivity index (χ4n) is 4.65. The minimum atomic E-state index is -0.324. The van der Waals surface area contributed by atoms with Crippen molar-refractivity contribution >= 4 is 11.8 Å². The van der Waals surface area contributed by atoms with Crippen molar-refractivity contribution in [2.45, 2.75) is 46.8 Å². The average Bonchev–Trinajstić information content (AvgIpc) is 3.36. The van der Waals surface area contributed by atoms with Crippen LogP contribution in [0.25, 0.3) is 0 Å². The van der Waals surface area contributed by atoms with Crippen LogP contribution < -0.4 is 4.74 Å². The zero-order chi connectivity index (χ0) is 25.8.